The van der Waals surface area contributed by atoms with Gasteiger partial charge >= 0.3 is 5.97 Å². The Kier molecular flexibility index (Phi) is 10.1. The van der Waals surface area contributed by atoms with Crippen molar-refractivity contribution in [3.8, 4) is 0 Å². The molecule has 0 aromatic carbocycles. The third-order valence-corrected chi connectivity index (χ3v) is 5.35. The molecule has 5 nitrogen and oxygen atoms in total. The molecule has 0 aromatic rings. The maximum atomic E-state index is 12.2. The molecule has 1 rings (SSSR count). The van der Waals surface area contributed by atoms with E-state index in [0.717, 1.165) is 44.9 Å². The van der Waals surface area contributed by atoms with Crippen LogP contribution in [-0.2, 0) is 9.59 Å². The first-order chi connectivity index (χ1) is 12.3. The van der Waals surface area contributed by atoms with Crippen molar-refractivity contribution < 1.29 is 24.9 Å². The summed E-state index contributed by atoms with van der Waals surface area (Å²) in [5.41, 5.74) is -0.901. The summed E-state index contributed by atoms with van der Waals surface area (Å²) in [5.74, 6) is -1.08. The number of unbranched alkanes of at least 4 members (excludes halogenated alkanes) is 5. The van der Waals surface area contributed by atoms with Crippen molar-refractivity contribution in [1.82, 2.24) is 0 Å². The summed E-state index contributed by atoms with van der Waals surface area (Å²) in [6, 6.07) is 0. The number of aliphatic hydroxyl groups excluding tert-OH is 1. The summed E-state index contributed by atoms with van der Waals surface area (Å²) in [6.45, 7) is 3.90. The van der Waals surface area contributed by atoms with Crippen LogP contribution in [0.4, 0.5) is 0 Å². The molecule has 0 saturated heterocycles. The van der Waals surface area contributed by atoms with E-state index in [1.807, 2.05) is 6.08 Å². The molecule has 0 heterocycles. The molecule has 0 amide bonds. The fourth-order valence-electron chi connectivity index (χ4n) is 3.72. The first-order valence-electron chi connectivity index (χ1n) is 10.1. The quantitative estimate of drug-likeness (QED) is 0.339. The number of carbonyl (C=O) groups excluding carboxylic acids is 1. The van der Waals surface area contributed by atoms with Crippen molar-refractivity contribution in [3.05, 3.63) is 12.2 Å². The van der Waals surface area contributed by atoms with E-state index in [2.05, 4.69) is 6.92 Å². The molecule has 0 unspecified atom stereocenters. The van der Waals surface area contributed by atoms with Crippen LogP contribution in [0.5, 0.6) is 0 Å². The van der Waals surface area contributed by atoms with Crippen molar-refractivity contribution >= 4 is 11.8 Å². The van der Waals surface area contributed by atoms with Crippen molar-refractivity contribution in [3.63, 3.8) is 0 Å². The second kappa shape index (κ2) is 11.5. The van der Waals surface area contributed by atoms with E-state index in [0.29, 0.717) is 12.8 Å². The monoisotopic (exact) mass is 368 g/mol. The van der Waals surface area contributed by atoms with Crippen LogP contribution >= 0.6 is 0 Å². The molecule has 0 radical (unpaired) electrons. The Labute approximate surface area is 157 Å². The molecule has 0 aromatic heterocycles. The van der Waals surface area contributed by atoms with Gasteiger partial charge in [-0.05, 0) is 26.2 Å². The summed E-state index contributed by atoms with van der Waals surface area (Å²) in [7, 11) is 0. The fourth-order valence-corrected chi connectivity index (χ4v) is 3.72. The van der Waals surface area contributed by atoms with E-state index < -0.39 is 17.7 Å². The van der Waals surface area contributed by atoms with Gasteiger partial charge in [-0.15, -0.1) is 0 Å². The Balaban J connectivity index is 2.49. The highest BCUT2D eigenvalue weighted by atomic mass is 16.4. The number of ketones is 1. The number of carbonyl (C=O) groups is 2. The number of carboxylic acids is 1. The third-order valence-electron chi connectivity index (χ3n) is 5.35. The highest BCUT2D eigenvalue weighted by Crippen LogP contribution is 2.35. The Morgan fingerprint density at radius 2 is 1.88 bits per heavy atom. The molecule has 1 aliphatic carbocycles. The van der Waals surface area contributed by atoms with E-state index in [1.54, 1.807) is 13.0 Å². The zero-order valence-corrected chi connectivity index (χ0v) is 16.3. The van der Waals surface area contributed by atoms with Gasteiger partial charge in [-0.25, -0.2) is 0 Å². The number of aliphatic hydroxyl groups is 2. The molecular weight excluding hydrogens is 332 g/mol. The second-order valence-electron chi connectivity index (χ2n) is 7.94. The normalized spacial score (nSPS) is 25.7. The number of hydrogen-bond acceptors (Lipinski definition) is 4. The molecule has 1 saturated carbocycles. The van der Waals surface area contributed by atoms with Crippen LogP contribution in [0.15, 0.2) is 12.2 Å². The lowest BCUT2D eigenvalue weighted by atomic mass is 9.87. The van der Waals surface area contributed by atoms with Crippen molar-refractivity contribution in [2.45, 2.75) is 96.2 Å². The lowest BCUT2D eigenvalue weighted by Gasteiger charge is -2.22. The van der Waals surface area contributed by atoms with Gasteiger partial charge in [-0.2, -0.15) is 0 Å². The van der Waals surface area contributed by atoms with Gasteiger partial charge in [0.25, 0.3) is 0 Å². The van der Waals surface area contributed by atoms with Gasteiger partial charge in [0, 0.05) is 24.7 Å². The van der Waals surface area contributed by atoms with E-state index in [4.69, 9.17) is 5.11 Å². The molecule has 1 fully saturated rings. The highest BCUT2D eigenvalue weighted by molar-refractivity contribution is 5.84. The van der Waals surface area contributed by atoms with E-state index >= 15 is 0 Å². The van der Waals surface area contributed by atoms with E-state index in [1.165, 1.54) is 0 Å². The molecule has 0 spiro atoms. The summed E-state index contributed by atoms with van der Waals surface area (Å²) in [5, 5.41) is 29.3. The van der Waals surface area contributed by atoms with Crippen molar-refractivity contribution in [1.29, 1.82) is 0 Å². The number of Topliss-reactive ketones (excluding diaryl/α,β-unsaturated/α-hetero) is 1. The molecule has 3 N–H and O–H groups in total. The number of aliphatic carboxylic acids is 1. The molecule has 0 bridgehead atoms. The topological polar surface area (TPSA) is 94.8 Å². The molecule has 0 aliphatic heterocycles. The zero-order valence-electron chi connectivity index (χ0n) is 16.3. The van der Waals surface area contributed by atoms with Gasteiger partial charge in [0.2, 0.25) is 0 Å². The molecule has 4 atom stereocenters. The number of hydrogen-bond donors (Lipinski definition) is 3. The minimum Gasteiger partial charge on any atom is -0.481 e. The van der Waals surface area contributed by atoms with Crippen molar-refractivity contribution in [2.75, 3.05) is 0 Å². The first kappa shape index (κ1) is 22.8. The first-order valence-corrected chi connectivity index (χ1v) is 10.1. The predicted octanol–water partition coefficient (Wildman–Crippen LogP) is 3.87. The summed E-state index contributed by atoms with van der Waals surface area (Å²) < 4.78 is 0. The molecule has 150 valence electrons. The average Bonchev–Trinajstić information content (AvgIpc) is 2.82. The molecule has 26 heavy (non-hydrogen) atoms. The predicted molar refractivity (Wildman–Crippen MR) is 102 cm³/mol. The molecule has 5 heteroatoms. The van der Waals surface area contributed by atoms with Crippen LogP contribution in [0.25, 0.3) is 0 Å². The van der Waals surface area contributed by atoms with Gasteiger partial charge in [-0.1, -0.05) is 57.6 Å². The minimum atomic E-state index is -0.901. The van der Waals surface area contributed by atoms with E-state index in [9.17, 15) is 19.8 Å². The zero-order chi connectivity index (χ0) is 19.6. The van der Waals surface area contributed by atoms with Gasteiger partial charge in [0.15, 0.2) is 0 Å². The van der Waals surface area contributed by atoms with Crippen LogP contribution in [0.1, 0.15) is 84.5 Å². The van der Waals surface area contributed by atoms with Crippen LogP contribution in [0.3, 0.4) is 0 Å². The van der Waals surface area contributed by atoms with Gasteiger partial charge < -0.3 is 15.3 Å². The lowest BCUT2D eigenvalue weighted by Crippen LogP contribution is -2.23. The van der Waals surface area contributed by atoms with Gasteiger partial charge in [0.1, 0.15) is 5.78 Å². The highest BCUT2D eigenvalue weighted by Gasteiger charge is 2.39. The Hall–Kier alpha value is -1.20. The van der Waals surface area contributed by atoms with Gasteiger partial charge in [-0.3, -0.25) is 9.59 Å². The summed E-state index contributed by atoms with van der Waals surface area (Å²) in [4.78, 5) is 22.7. The average molecular weight is 369 g/mol. The second-order valence-corrected chi connectivity index (χ2v) is 7.94. The maximum Gasteiger partial charge on any atom is 0.303 e. The summed E-state index contributed by atoms with van der Waals surface area (Å²) in [6.07, 6.45) is 11.1. The Bertz CT molecular complexity index is 469. The maximum absolute atomic E-state index is 12.2. The Morgan fingerprint density at radius 3 is 2.54 bits per heavy atom. The largest absolute Gasteiger partial charge is 0.481 e. The smallest absolute Gasteiger partial charge is 0.303 e. The molecule has 1 aliphatic rings. The minimum absolute atomic E-state index is 0.100. The number of carboxylic acid groups (broad SMARTS) is 1. The summed E-state index contributed by atoms with van der Waals surface area (Å²) >= 11 is 0. The third kappa shape index (κ3) is 8.45. The molecular formula is C21H36O5. The standard InChI is InChI=1S/C21H36O5/c1-3-4-9-13-21(2,26)14-12-17-16(18(22)15-19(17)23)10-7-5-6-8-11-20(24)25/h12,14,16-17,19,23,26H,3-11,13,15H2,1-2H3,(H,24,25)/b14-12+/t16-,17+,19+,21-/m0/s1. The van der Waals surface area contributed by atoms with Crippen LogP contribution in [-0.4, -0.2) is 38.8 Å². The van der Waals surface area contributed by atoms with Gasteiger partial charge in [0.05, 0.1) is 11.7 Å². The van der Waals surface area contributed by atoms with E-state index in [-0.39, 0.29) is 30.5 Å². The fraction of sp³-hybridized carbons (Fsp3) is 0.810. The van der Waals surface area contributed by atoms with Crippen LogP contribution in [0.2, 0.25) is 0 Å². The number of rotatable bonds is 13. The Morgan fingerprint density at radius 1 is 1.19 bits per heavy atom. The lowest BCUT2D eigenvalue weighted by molar-refractivity contribution is -0.137. The van der Waals surface area contributed by atoms with Crippen LogP contribution in [0, 0.1) is 11.8 Å². The SMILES string of the molecule is CCCCC[C@](C)(O)/C=C/[C@H]1[C@H](O)CC(=O)[C@H]1CCCCCCC(=O)O. The van der Waals surface area contributed by atoms with Crippen LogP contribution < -0.4 is 0 Å². The van der Waals surface area contributed by atoms with Crippen molar-refractivity contribution in [2.24, 2.45) is 11.8 Å².